The third-order valence-electron chi connectivity index (χ3n) is 5.53. The SMILES string of the molecule is CC1(C)NC(=O)N(CCN2C(C(=O)O)CC3CCCCC32)C1=O.Cl. The average molecular weight is 360 g/mol. The Hall–Kier alpha value is -1.34. The van der Waals surface area contributed by atoms with Crippen LogP contribution in [0.2, 0.25) is 0 Å². The lowest BCUT2D eigenvalue weighted by Crippen LogP contribution is -2.47. The van der Waals surface area contributed by atoms with Gasteiger partial charge < -0.3 is 10.4 Å². The average Bonchev–Trinajstić information content (AvgIpc) is 2.94. The summed E-state index contributed by atoms with van der Waals surface area (Å²) in [4.78, 5) is 39.0. The Morgan fingerprint density at radius 2 is 1.92 bits per heavy atom. The molecule has 3 rings (SSSR count). The molecule has 24 heavy (non-hydrogen) atoms. The van der Waals surface area contributed by atoms with E-state index in [-0.39, 0.29) is 36.9 Å². The molecule has 2 heterocycles. The Bertz CT molecular complexity index is 539. The third-order valence-corrected chi connectivity index (χ3v) is 5.53. The molecule has 0 bridgehead atoms. The Kier molecular flexibility index (Phi) is 5.44. The molecular weight excluding hydrogens is 334 g/mol. The molecule has 0 aromatic carbocycles. The van der Waals surface area contributed by atoms with Gasteiger partial charge in [-0.05, 0) is 39.0 Å². The number of fused-ring (bicyclic) bond motifs is 1. The number of hydrogen-bond acceptors (Lipinski definition) is 4. The normalized spacial score (nSPS) is 32.2. The van der Waals surface area contributed by atoms with Crippen molar-refractivity contribution in [2.75, 3.05) is 13.1 Å². The molecule has 8 heteroatoms. The van der Waals surface area contributed by atoms with Gasteiger partial charge >= 0.3 is 12.0 Å². The van der Waals surface area contributed by atoms with Gasteiger partial charge in [0.15, 0.2) is 0 Å². The predicted molar refractivity (Wildman–Crippen MR) is 90.1 cm³/mol. The Balaban J connectivity index is 0.00000208. The van der Waals surface area contributed by atoms with Gasteiger partial charge in [0, 0.05) is 19.1 Å². The van der Waals surface area contributed by atoms with E-state index in [1.807, 2.05) is 4.90 Å². The Labute approximate surface area is 148 Å². The molecule has 0 aromatic rings. The first-order valence-electron chi connectivity index (χ1n) is 8.44. The van der Waals surface area contributed by atoms with Gasteiger partial charge in [0.25, 0.3) is 5.91 Å². The number of hydrogen-bond donors (Lipinski definition) is 2. The zero-order valence-electron chi connectivity index (χ0n) is 14.2. The van der Waals surface area contributed by atoms with Gasteiger partial charge in [-0.25, -0.2) is 4.79 Å². The number of carbonyl (C=O) groups is 3. The van der Waals surface area contributed by atoms with Gasteiger partial charge in [0.1, 0.15) is 11.6 Å². The molecular formula is C16H26ClN3O4. The minimum atomic E-state index is -0.873. The van der Waals surface area contributed by atoms with Crippen LogP contribution in [-0.4, -0.2) is 63.5 Å². The van der Waals surface area contributed by atoms with Crippen LogP contribution in [0, 0.1) is 5.92 Å². The third kappa shape index (κ3) is 3.24. The standard InChI is InChI=1S/C16H25N3O4.ClH/c1-16(2)14(22)19(15(23)17-16)8-7-18-11-6-4-3-5-10(11)9-12(18)13(20)21;/h10-12H,3-9H2,1-2H3,(H,17,23)(H,20,21);1H. The molecule has 1 aliphatic carbocycles. The predicted octanol–water partition coefficient (Wildman–Crippen LogP) is 1.46. The molecule has 136 valence electrons. The minimum absolute atomic E-state index is 0. The first-order valence-corrected chi connectivity index (χ1v) is 8.44. The van der Waals surface area contributed by atoms with Gasteiger partial charge in [-0.3, -0.25) is 19.4 Å². The number of carboxylic acid groups (broad SMARTS) is 1. The van der Waals surface area contributed by atoms with E-state index >= 15 is 0 Å². The number of nitrogens with zero attached hydrogens (tertiary/aromatic N) is 2. The first-order chi connectivity index (χ1) is 10.8. The molecule has 7 nitrogen and oxygen atoms in total. The van der Waals surface area contributed by atoms with Crippen LogP contribution in [0.25, 0.3) is 0 Å². The van der Waals surface area contributed by atoms with Crippen LogP contribution in [0.3, 0.4) is 0 Å². The fourth-order valence-electron chi connectivity index (χ4n) is 4.35. The minimum Gasteiger partial charge on any atom is -0.480 e. The zero-order valence-corrected chi connectivity index (χ0v) is 15.0. The van der Waals surface area contributed by atoms with Crippen molar-refractivity contribution >= 4 is 30.3 Å². The molecule has 3 fully saturated rings. The van der Waals surface area contributed by atoms with Crippen LogP contribution in [0.5, 0.6) is 0 Å². The van der Waals surface area contributed by atoms with Crippen molar-refractivity contribution in [3.8, 4) is 0 Å². The van der Waals surface area contributed by atoms with Crippen molar-refractivity contribution in [1.82, 2.24) is 15.1 Å². The highest BCUT2D eigenvalue weighted by Crippen LogP contribution is 2.39. The lowest BCUT2D eigenvalue weighted by molar-refractivity contribution is -0.142. The number of halogens is 1. The number of imide groups is 1. The van der Waals surface area contributed by atoms with E-state index in [0.717, 1.165) is 19.3 Å². The summed E-state index contributed by atoms with van der Waals surface area (Å²) >= 11 is 0. The van der Waals surface area contributed by atoms with Gasteiger partial charge in [-0.2, -0.15) is 0 Å². The summed E-state index contributed by atoms with van der Waals surface area (Å²) in [5.74, 6) is -0.602. The zero-order chi connectivity index (χ0) is 16.8. The van der Waals surface area contributed by atoms with E-state index in [0.29, 0.717) is 18.9 Å². The monoisotopic (exact) mass is 359 g/mol. The fraction of sp³-hybridized carbons (Fsp3) is 0.812. The summed E-state index contributed by atoms with van der Waals surface area (Å²) in [6, 6.07) is -0.596. The van der Waals surface area contributed by atoms with E-state index in [2.05, 4.69) is 5.32 Å². The van der Waals surface area contributed by atoms with Crippen LogP contribution in [0.4, 0.5) is 4.79 Å². The highest BCUT2D eigenvalue weighted by molar-refractivity contribution is 6.06. The summed E-state index contributed by atoms with van der Waals surface area (Å²) in [6.45, 7) is 4.05. The highest BCUT2D eigenvalue weighted by atomic mass is 35.5. The molecule has 2 N–H and O–H groups in total. The van der Waals surface area contributed by atoms with Crippen molar-refractivity contribution in [3.05, 3.63) is 0 Å². The molecule has 1 saturated carbocycles. The number of amides is 3. The number of carboxylic acids is 1. The number of rotatable bonds is 4. The number of aliphatic carboxylic acids is 1. The lowest BCUT2D eigenvalue weighted by atomic mass is 9.85. The number of urea groups is 1. The maximum Gasteiger partial charge on any atom is 0.325 e. The first kappa shape index (κ1) is 19.0. The second kappa shape index (κ2) is 6.88. The van der Waals surface area contributed by atoms with Crippen molar-refractivity contribution < 1.29 is 19.5 Å². The largest absolute Gasteiger partial charge is 0.480 e. The highest BCUT2D eigenvalue weighted by Gasteiger charge is 2.47. The fourth-order valence-corrected chi connectivity index (χ4v) is 4.35. The topological polar surface area (TPSA) is 90.0 Å². The summed E-state index contributed by atoms with van der Waals surface area (Å²) in [7, 11) is 0. The summed E-state index contributed by atoms with van der Waals surface area (Å²) in [5, 5.41) is 12.2. The van der Waals surface area contributed by atoms with E-state index in [1.54, 1.807) is 13.8 Å². The quantitative estimate of drug-likeness (QED) is 0.741. The molecule has 3 aliphatic rings. The van der Waals surface area contributed by atoms with Crippen LogP contribution < -0.4 is 5.32 Å². The lowest BCUT2D eigenvalue weighted by Gasteiger charge is -2.33. The molecule has 2 aliphatic heterocycles. The molecule has 0 radical (unpaired) electrons. The van der Waals surface area contributed by atoms with E-state index in [1.165, 1.54) is 11.3 Å². The molecule has 2 saturated heterocycles. The molecule has 3 unspecified atom stereocenters. The second-order valence-corrected chi connectivity index (χ2v) is 7.45. The summed E-state index contributed by atoms with van der Waals surface area (Å²) < 4.78 is 0. The number of likely N-dealkylation sites (tertiary alicyclic amines) is 1. The van der Waals surface area contributed by atoms with Gasteiger partial charge in [-0.1, -0.05) is 12.8 Å². The summed E-state index contributed by atoms with van der Waals surface area (Å²) in [5.41, 5.74) is -0.873. The van der Waals surface area contributed by atoms with Crippen LogP contribution >= 0.6 is 12.4 Å². The number of nitrogens with one attached hydrogen (secondary N) is 1. The maximum absolute atomic E-state index is 12.2. The van der Waals surface area contributed by atoms with Crippen molar-refractivity contribution in [3.63, 3.8) is 0 Å². The van der Waals surface area contributed by atoms with Crippen molar-refractivity contribution in [2.24, 2.45) is 5.92 Å². The van der Waals surface area contributed by atoms with Crippen LogP contribution in [0.1, 0.15) is 46.0 Å². The van der Waals surface area contributed by atoms with Crippen molar-refractivity contribution in [2.45, 2.75) is 63.6 Å². The Morgan fingerprint density at radius 1 is 1.25 bits per heavy atom. The molecule has 0 aromatic heterocycles. The number of carbonyl (C=O) groups excluding carboxylic acids is 2. The van der Waals surface area contributed by atoms with E-state index < -0.39 is 17.6 Å². The molecule has 0 spiro atoms. The molecule has 3 amide bonds. The van der Waals surface area contributed by atoms with Crippen LogP contribution in [0.15, 0.2) is 0 Å². The van der Waals surface area contributed by atoms with Gasteiger partial charge in [0.05, 0.1) is 0 Å². The Morgan fingerprint density at radius 3 is 2.50 bits per heavy atom. The van der Waals surface area contributed by atoms with E-state index in [4.69, 9.17) is 0 Å². The van der Waals surface area contributed by atoms with Gasteiger partial charge in [0.2, 0.25) is 0 Å². The molecule has 3 atom stereocenters. The maximum atomic E-state index is 12.2. The van der Waals surface area contributed by atoms with Crippen molar-refractivity contribution in [1.29, 1.82) is 0 Å². The van der Waals surface area contributed by atoms with E-state index in [9.17, 15) is 19.5 Å². The summed E-state index contributed by atoms with van der Waals surface area (Å²) in [6.07, 6.45) is 5.08. The smallest absolute Gasteiger partial charge is 0.325 e. The van der Waals surface area contributed by atoms with Crippen LogP contribution in [-0.2, 0) is 9.59 Å². The second-order valence-electron chi connectivity index (χ2n) is 7.45. The van der Waals surface area contributed by atoms with Gasteiger partial charge in [-0.15, -0.1) is 12.4 Å².